The van der Waals surface area contributed by atoms with Crippen molar-refractivity contribution in [3.63, 3.8) is 0 Å². The molecule has 0 aromatic heterocycles. The van der Waals surface area contributed by atoms with Crippen LogP contribution < -0.4 is 10.2 Å². The van der Waals surface area contributed by atoms with Crippen molar-refractivity contribution in [3.8, 4) is 0 Å². The van der Waals surface area contributed by atoms with Gasteiger partial charge >= 0.3 is 12.1 Å². The maximum atomic E-state index is 12.8. The maximum absolute atomic E-state index is 12.8. The highest BCUT2D eigenvalue weighted by Gasteiger charge is 2.25. The third-order valence-electron chi connectivity index (χ3n) is 4.03. The molecule has 1 N–H and O–H groups in total. The van der Waals surface area contributed by atoms with Crippen LogP contribution in [0.25, 0.3) is 0 Å². The molecule has 0 unspecified atom stereocenters. The number of esters is 1. The second-order valence-electron chi connectivity index (χ2n) is 7.67. The van der Waals surface area contributed by atoms with Gasteiger partial charge in [-0.25, -0.2) is 9.59 Å². The van der Waals surface area contributed by atoms with Gasteiger partial charge in [0, 0.05) is 17.9 Å². The highest BCUT2D eigenvalue weighted by atomic mass is 16.6. The Balaban J connectivity index is 2.04. The van der Waals surface area contributed by atoms with Crippen LogP contribution in [0.4, 0.5) is 16.2 Å². The fourth-order valence-electron chi connectivity index (χ4n) is 2.72. The second-order valence-corrected chi connectivity index (χ2v) is 7.67. The summed E-state index contributed by atoms with van der Waals surface area (Å²) in [6.07, 6.45) is -1.60. The summed E-state index contributed by atoms with van der Waals surface area (Å²) in [6.45, 7) is 9.11. The smallest absolute Gasteiger partial charge is 0.412 e. The Morgan fingerprint density at radius 1 is 1.03 bits per heavy atom. The highest BCUT2D eigenvalue weighted by molar-refractivity contribution is 5.99. The van der Waals surface area contributed by atoms with E-state index in [1.165, 1.54) is 13.0 Å². The molecule has 160 valence electrons. The van der Waals surface area contributed by atoms with E-state index >= 15 is 0 Å². The number of para-hydroxylation sites is 1. The summed E-state index contributed by atoms with van der Waals surface area (Å²) in [4.78, 5) is 38.8. The summed E-state index contributed by atoms with van der Waals surface area (Å²) in [7, 11) is 0. The van der Waals surface area contributed by atoms with Gasteiger partial charge in [-0.2, -0.15) is 0 Å². The molecule has 0 aliphatic carbocycles. The summed E-state index contributed by atoms with van der Waals surface area (Å²) in [5.41, 5.74) is 0.694. The van der Waals surface area contributed by atoms with Gasteiger partial charge in [-0.1, -0.05) is 24.3 Å². The van der Waals surface area contributed by atoms with Gasteiger partial charge in [-0.05, 0) is 65.0 Å². The first-order valence-electron chi connectivity index (χ1n) is 9.78. The minimum atomic E-state index is -0.972. The van der Waals surface area contributed by atoms with Crippen molar-refractivity contribution < 1.29 is 23.9 Å². The van der Waals surface area contributed by atoms with Gasteiger partial charge < -0.3 is 14.4 Å². The number of nitrogens with zero attached hydrogens (tertiary/aromatic N) is 1. The van der Waals surface area contributed by atoms with E-state index < -0.39 is 23.8 Å². The van der Waals surface area contributed by atoms with Crippen LogP contribution in [0.1, 0.15) is 45.0 Å². The lowest BCUT2D eigenvalue weighted by Gasteiger charge is -2.24. The third-order valence-corrected chi connectivity index (χ3v) is 4.03. The van der Waals surface area contributed by atoms with Crippen molar-refractivity contribution in [3.05, 3.63) is 60.2 Å². The van der Waals surface area contributed by atoms with Gasteiger partial charge in [0.1, 0.15) is 5.60 Å². The minimum Gasteiger partial charge on any atom is -0.449 e. The predicted octanol–water partition coefficient (Wildman–Crippen LogP) is 4.63. The molecule has 0 saturated heterocycles. The Morgan fingerprint density at radius 2 is 1.70 bits per heavy atom. The average Bonchev–Trinajstić information content (AvgIpc) is 2.68. The number of carbonyl (C=O) groups is 3. The van der Waals surface area contributed by atoms with Crippen LogP contribution >= 0.6 is 0 Å². The summed E-state index contributed by atoms with van der Waals surface area (Å²) in [5, 5.41) is 2.57. The van der Waals surface area contributed by atoms with Gasteiger partial charge in [-0.3, -0.25) is 10.1 Å². The van der Waals surface area contributed by atoms with Crippen molar-refractivity contribution in [2.45, 2.75) is 46.3 Å². The number of hydrogen-bond donors (Lipinski definition) is 1. The predicted molar refractivity (Wildman–Crippen MR) is 116 cm³/mol. The SMILES string of the molecule is CCN(C(=O)[C@@H](C)OC(=O)c1cccc(NC(=O)OC(C)(C)C)c1)c1ccccc1. The topological polar surface area (TPSA) is 84.9 Å². The van der Waals surface area contributed by atoms with Crippen molar-refractivity contribution in [2.24, 2.45) is 0 Å². The molecule has 0 aliphatic rings. The molecule has 0 aliphatic heterocycles. The maximum Gasteiger partial charge on any atom is 0.412 e. The molecule has 0 bridgehead atoms. The lowest BCUT2D eigenvalue weighted by atomic mass is 10.2. The number of rotatable bonds is 6. The number of nitrogens with one attached hydrogen (secondary N) is 1. The van der Waals surface area contributed by atoms with Crippen molar-refractivity contribution >= 4 is 29.3 Å². The van der Waals surface area contributed by atoms with Crippen LogP contribution in [0.2, 0.25) is 0 Å². The van der Waals surface area contributed by atoms with Crippen molar-refractivity contribution in [1.29, 1.82) is 0 Å². The molecule has 2 aromatic rings. The zero-order chi connectivity index (χ0) is 22.3. The number of anilines is 2. The number of ether oxygens (including phenoxy) is 2. The normalized spacial score (nSPS) is 11.9. The number of likely N-dealkylation sites (N-methyl/N-ethyl adjacent to an activating group) is 1. The number of carbonyl (C=O) groups excluding carboxylic acids is 3. The van der Waals surface area contributed by atoms with Gasteiger partial charge in [-0.15, -0.1) is 0 Å². The molecule has 7 heteroatoms. The number of hydrogen-bond acceptors (Lipinski definition) is 5. The first-order chi connectivity index (χ1) is 14.1. The summed E-state index contributed by atoms with van der Waals surface area (Å²) in [6, 6.07) is 15.4. The van der Waals surface area contributed by atoms with E-state index in [4.69, 9.17) is 9.47 Å². The molecule has 2 rings (SSSR count). The minimum absolute atomic E-state index is 0.214. The van der Waals surface area contributed by atoms with Crippen LogP contribution in [-0.4, -0.2) is 36.2 Å². The molecule has 7 nitrogen and oxygen atoms in total. The van der Waals surface area contributed by atoms with Crippen LogP contribution in [-0.2, 0) is 14.3 Å². The third kappa shape index (κ3) is 6.62. The molecule has 0 heterocycles. The molecule has 0 radical (unpaired) electrons. The Morgan fingerprint density at radius 3 is 2.30 bits per heavy atom. The first kappa shape index (κ1) is 22.9. The summed E-state index contributed by atoms with van der Waals surface area (Å²) < 4.78 is 10.6. The number of benzene rings is 2. The molecule has 0 spiro atoms. The largest absolute Gasteiger partial charge is 0.449 e. The average molecular weight is 412 g/mol. The van der Waals surface area contributed by atoms with E-state index in [2.05, 4.69) is 5.32 Å². The van der Waals surface area contributed by atoms with Gasteiger partial charge in [0.2, 0.25) is 0 Å². The Hall–Kier alpha value is -3.35. The zero-order valence-corrected chi connectivity index (χ0v) is 18.0. The van der Waals surface area contributed by atoms with Crippen LogP contribution in [0.3, 0.4) is 0 Å². The molecule has 30 heavy (non-hydrogen) atoms. The lowest BCUT2D eigenvalue weighted by molar-refractivity contribution is -0.126. The lowest BCUT2D eigenvalue weighted by Crippen LogP contribution is -2.40. The van der Waals surface area contributed by atoms with Gasteiger partial charge in [0.25, 0.3) is 5.91 Å². The fourth-order valence-corrected chi connectivity index (χ4v) is 2.72. The molecule has 1 atom stereocenters. The van der Waals surface area contributed by atoms with Crippen LogP contribution in [0, 0.1) is 0 Å². The standard InChI is InChI=1S/C23H28N2O5/c1-6-25(19-13-8-7-9-14-19)20(26)16(2)29-21(27)17-11-10-12-18(15-17)24-22(28)30-23(3,4)5/h7-16H,6H2,1-5H3,(H,24,28)/t16-/m1/s1. The molecule has 2 amide bonds. The monoisotopic (exact) mass is 412 g/mol. The highest BCUT2D eigenvalue weighted by Crippen LogP contribution is 2.17. The first-order valence-corrected chi connectivity index (χ1v) is 9.78. The van der Waals surface area contributed by atoms with Crippen molar-refractivity contribution in [1.82, 2.24) is 0 Å². The van der Waals surface area contributed by atoms with Crippen LogP contribution in [0.5, 0.6) is 0 Å². The van der Waals surface area contributed by atoms with E-state index in [1.54, 1.807) is 43.9 Å². The van der Waals surface area contributed by atoms with E-state index in [1.807, 2.05) is 37.3 Å². The Kier molecular flexibility index (Phi) is 7.58. The molecule has 0 fully saturated rings. The van der Waals surface area contributed by atoms with E-state index in [-0.39, 0.29) is 11.5 Å². The van der Waals surface area contributed by atoms with E-state index in [0.717, 1.165) is 5.69 Å². The summed E-state index contributed by atoms with van der Waals surface area (Å²) in [5.74, 6) is -0.979. The van der Waals surface area contributed by atoms with Gasteiger partial charge in [0.15, 0.2) is 6.10 Å². The zero-order valence-electron chi connectivity index (χ0n) is 18.0. The van der Waals surface area contributed by atoms with Gasteiger partial charge in [0.05, 0.1) is 5.56 Å². The molecule has 2 aromatic carbocycles. The van der Waals surface area contributed by atoms with E-state index in [9.17, 15) is 14.4 Å². The quantitative estimate of drug-likeness (QED) is 0.699. The second kappa shape index (κ2) is 9.91. The fraction of sp³-hybridized carbons (Fsp3) is 0.348. The molecule has 0 saturated carbocycles. The Bertz CT molecular complexity index is 890. The summed E-state index contributed by atoms with van der Waals surface area (Å²) >= 11 is 0. The van der Waals surface area contributed by atoms with Crippen molar-refractivity contribution in [2.75, 3.05) is 16.8 Å². The molecular weight excluding hydrogens is 384 g/mol. The Labute approximate surface area is 177 Å². The van der Waals surface area contributed by atoms with Crippen LogP contribution in [0.15, 0.2) is 54.6 Å². The molecular formula is C23H28N2O5. The number of amides is 2. The van der Waals surface area contributed by atoms with E-state index in [0.29, 0.717) is 12.2 Å².